The van der Waals surface area contributed by atoms with Gasteiger partial charge < -0.3 is 0 Å². The predicted molar refractivity (Wildman–Crippen MR) is 26.5 cm³/mol. The molecule has 26 valence electrons. The van der Waals surface area contributed by atoms with Crippen molar-refractivity contribution in [1.82, 2.24) is 0 Å². The van der Waals surface area contributed by atoms with Crippen LogP contribution in [0, 0.1) is 0 Å². The molecule has 0 rings (SSSR count). The molecule has 0 fully saturated rings. The van der Waals surface area contributed by atoms with Crippen LogP contribution in [0.4, 0.5) is 0 Å². The number of alkyl halides is 2. The van der Waals surface area contributed by atoms with E-state index in [1.165, 1.54) is 0 Å². The molecule has 3 heteroatoms. The van der Waals surface area contributed by atoms with Gasteiger partial charge in [-0.2, -0.15) is 0 Å². The second kappa shape index (κ2) is 2.06. The summed E-state index contributed by atoms with van der Waals surface area (Å²) in [7, 11) is 0.880. The smallest absolute Gasteiger partial charge is 0.111 e. The second-order valence-electron chi connectivity index (χ2n) is 0.519. The molecule has 0 aliphatic rings. The third-order valence-corrected chi connectivity index (χ3v) is 0. The van der Waals surface area contributed by atoms with Crippen molar-refractivity contribution in [2.75, 3.05) is 0 Å². The molecule has 0 radical (unpaired) electrons. The molecule has 0 amide bonds. The van der Waals surface area contributed by atoms with Crippen LogP contribution < -0.4 is 0 Å². The lowest BCUT2D eigenvalue weighted by Gasteiger charge is -1.72. The summed E-state index contributed by atoms with van der Waals surface area (Å²) in [4.78, 5) is 0. The zero-order chi connectivity index (χ0) is 3.58. The average molecular weight is 116 g/mol. The number of rotatable bonds is 0. The van der Waals surface area contributed by atoms with E-state index in [9.17, 15) is 0 Å². The molecule has 0 saturated carbocycles. The van der Waals surface area contributed by atoms with Gasteiger partial charge in [-0.1, -0.05) is 0 Å². The second-order valence-corrected chi connectivity index (χ2v) is 4.67. The van der Waals surface area contributed by atoms with Gasteiger partial charge in [-0.15, -0.1) is 23.2 Å². The summed E-state index contributed by atoms with van der Waals surface area (Å²) in [5, 5.41) is 0. The molecule has 0 aliphatic carbocycles. The van der Waals surface area contributed by atoms with Gasteiger partial charge >= 0.3 is 1.43 Å². The van der Waals surface area contributed by atoms with Gasteiger partial charge in [0.15, 0.2) is 0 Å². The highest BCUT2D eigenvalue weighted by atomic mass is 35.5. The Labute approximate surface area is 40.0 Å². The highest BCUT2D eigenvalue weighted by molar-refractivity contribution is 6.60. The molecule has 0 atom stereocenters. The van der Waals surface area contributed by atoms with Crippen molar-refractivity contribution >= 4 is 33.4 Å². The first kappa shape index (κ1) is 4.80. The third-order valence-electron chi connectivity index (χ3n) is 0. The minimum atomic E-state index is -0.0833. The fourth-order valence-corrected chi connectivity index (χ4v) is 0. The van der Waals surface area contributed by atoms with E-state index < -0.39 is 0 Å². The molecule has 0 aromatic carbocycles. The van der Waals surface area contributed by atoms with E-state index in [1.54, 1.807) is 0 Å². The standard InChI is InChI=1S/CH4Cl2Si/c2-1(3)4/h1H,4H3/p+1. The summed E-state index contributed by atoms with van der Waals surface area (Å²) in [5.41, 5.74) is 0. The van der Waals surface area contributed by atoms with Gasteiger partial charge in [0.05, 0.1) is 4.46 Å². The van der Waals surface area contributed by atoms with Crippen molar-refractivity contribution in [2.24, 2.45) is 0 Å². The van der Waals surface area contributed by atoms with E-state index in [-0.39, 0.29) is 5.89 Å². The van der Waals surface area contributed by atoms with Crippen molar-refractivity contribution in [3.63, 3.8) is 0 Å². The van der Waals surface area contributed by atoms with Crippen LogP contribution in [-0.2, 0) is 0 Å². The largest absolute Gasteiger partial charge is 1.00 e. The Balaban J connectivity index is 0. The van der Waals surface area contributed by atoms with Gasteiger partial charge in [0, 0.05) is 10.2 Å². The topological polar surface area (TPSA) is 0 Å². The van der Waals surface area contributed by atoms with Crippen LogP contribution in [0.15, 0.2) is 0 Å². The Morgan fingerprint density at radius 1 is 1.75 bits per heavy atom. The van der Waals surface area contributed by atoms with E-state index >= 15 is 0 Å². The average Bonchev–Trinajstić information content (AvgIpc) is 0.811. The van der Waals surface area contributed by atoms with Crippen LogP contribution in [0.5, 0.6) is 0 Å². The van der Waals surface area contributed by atoms with E-state index in [4.69, 9.17) is 23.2 Å². The van der Waals surface area contributed by atoms with Crippen molar-refractivity contribution in [1.29, 1.82) is 0 Å². The number of hydrogen-bond acceptors (Lipinski definition) is 0. The van der Waals surface area contributed by atoms with Crippen molar-refractivity contribution < 1.29 is 1.43 Å². The van der Waals surface area contributed by atoms with Crippen LogP contribution in [0.1, 0.15) is 1.43 Å². The maximum Gasteiger partial charge on any atom is 1.00 e. The van der Waals surface area contributed by atoms with Crippen LogP contribution >= 0.6 is 23.2 Å². The van der Waals surface area contributed by atoms with Crippen LogP contribution in [0.3, 0.4) is 0 Å². The Hall–Kier alpha value is 0.797. The van der Waals surface area contributed by atoms with E-state index in [2.05, 4.69) is 0 Å². The first-order valence-electron chi connectivity index (χ1n) is 1.01. The van der Waals surface area contributed by atoms with Gasteiger partial charge in [0.25, 0.3) is 0 Å². The van der Waals surface area contributed by atoms with Gasteiger partial charge in [-0.25, -0.2) is 0 Å². The SMILES string of the molecule is [H+].[SiH3]C(Cl)Cl. The van der Waals surface area contributed by atoms with Crippen LogP contribution in [-0.4, -0.2) is 14.7 Å². The molecule has 0 N–H and O–H groups in total. The minimum Gasteiger partial charge on any atom is -0.111 e. The number of halogens is 2. The fraction of sp³-hybridized carbons (Fsp3) is 1.00. The molecule has 0 bridgehead atoms. The third kappa shape index (κ3) is 14.2. The van der Waals surface area contributed by atoms with E-state index in [0.29, 0.717) is 0 Å². The molecular weight excluding hydrogens is 111 g/mol. The van der Waals surface area contributed by atoms with Gasteiger partial charge in [0.1, 0.15) is 0 Å². The van der Waals surface area contributed by atoms with Crippen molar-refractivity contribution in [3.8, 4) is 0 Å². The molecule has 0 nitrogen and oxygen atoms in total. The highest BCUT2D eigenvalue weighted by Crippen LogP contribution is 1.90. The molecule has 0 heterocycles. The normalized spacial score (nSPS) is 9.75. The highest BCUT2D eigenvalue weighted by Gasteiger charge is 1.75. The van der Waals surface area contributed by atoms with Gasteiger partial charge in [-0.3, -0.25) is 0 Å². The van der Waals surface area contributed by atoms with Crippen molar-refractivity contribution in [2.45, 2.75) is 4.46 Å². The predicted octanol–water partition coefficient (Wildman–Crippen LogP) is 0.225. The zero-order valence-corrected chi connectivity index (χ0v) is 5.85. The molecule has 0 aromatic rings. The fourth-order valence-electron chi connectivity index (χ4n) is 0. The zero-order valence-electron chi connectivity index (χ0n) is 3.33. The summed E-state index contributed by atoms with van der Waals surface area (Å²) < 4.78 is -0.0833. The Morgan fingerprint density at radius 3 is 1.75 bits per heavy atom. The summed E-state index contributed by atoms with van der Waals surface area (Å²) in [6, 6.07) is 0. The molecule has 0 spiro atoms. The Kier molecular flexibility index (Phi) is 2.47. The van der Waals surface area contributed by atoms with E-state index in [0.717, 1.165) is 10.2 Å². The number of hydrogen-bond donors (Lipinski definition) is 0. The first-order chi connectivity index (χ1) is 1.73. The van der Waals surface area contributed by atoms with Crippen LogP contribution in [0.2, 0.25) is 0 Å². The molecule has 0 saturated heterocycles. The quantitative estimate of drug-likeness (QED) is 0.314. The van der Waals surface area contributed by atoms with Crippen molar-refractivity contribution in [3.05, 3.63) is 0 Å². The summed E-state index contributed by atoms with van der Waals surface area (Å²) in [5.74, 6) is 0. The molecule has 0 aliphatic heterocycles. The summed E-state index contributed by atoms with van der Waals surface area (Å²) >= 11 is 10.2. The first-order valence-corrected chi connectivity index (χ1v) is 3.04. The lowest BCUT2D eigenvalue weighted by Crippen LogP contribution is -1.75. The monoisotopic (exact) mass is 115 g/mol. The molecule has 0 aromatic heterocycles. The van der Waals surface area contributed by atoms with Crippen LogP contribution in [0.25, 0.3) is 0 Å². The summed E-state index contributed by atoms with van der Waals surface area (Å²) in [6.45, 7) is 0. The Morgan fingerprint density at radius 2 is 1.75 bits per heavy atom. The molecular formula is CH5Cl2Si+. The Bertz CT molecular complexity index is 14.4. The summed E-state index contributed by atoms with van der Waals surface area (Å²) in [6.07, 6.45) is 0. The lowest BCUT2D eigenvalue weighted by molar-refractivity contribution is 1.96. The molecule has 0 unspecified atom stereocenters. The maximum absolute atomic E-state index is 5.10. The maximum atomic E-state index is 5.10. The molecule has 4 heavy (non-hydrogen) atoms. The minimum absolute atomic E-state index is 0. The van der Waals surface area contributed by atoms with Gasteiger partial charge in [0.2, 0.25) is 0 Å². The van der Waals surface area contributed by atoms with E-state index in [1.807, 2.05) is 0 Å². The lowest BCUT2D eigenvalue weighted by atomic mass is 11.9. The van der Waals surface area contributed by atoms with Gasteiger partial charge in [-0.05, 0) is 0 Å².